The minimum atomic E-state index is -0.385. The smallest absolute Gasteiger partial charge is 0.203 e. The Labute approximate surface area is 105 Å². The Morgan fingerprint density at radius 3 is 2.75 bits per heavy atom. The van der Waals surface area contributed by atoms with Crippen LogP contribution in [0.5, 0.6) is 0 Å². The lowest BCUT2D eigenvalue weighted by Gasteiger charge is -2.02. The number of thiophene rings is 1. The molecule has 0 fully saturated rings. The Balaban J connectivity index is 2.45. The van der Waals surface area contributed by atoms with Gasteiger partial charge in [-0.25, -0.2) is 4.39 Å². The van der Waals surface area contributed by atoms with E-state index in [1.165, 1.54) is 23.5 Å². The normalized spacial score (nSPS) is 10.4. The fraction of sp³-hybridized carbons (Fsp3) is 0.0833. The van der Waals surface area contributed by atoms with E-state index in [9.17, 15) is 9.18 Å². The SMILES string of the molecule is Cc1ccc(F)cc1C(=O)c1cc(Br)cs1. The van der Waals surface area contributed by atoms with Crippen molar-refractivity contribution in [2.24, 2.45) is 0 Å². The van der Waals surface area contributed by atoms with Gasteiger partial charge >= 0.3 is 0 Å². The maximum atomic E-state index is 13.1. The Hall–Kier alpha value is -1.000. The van der Waals surface area contributed by atoms with Gasteiger partial charge < -0.3 is 0 Å². The summed E-state index contributed by atoms with van der Waals surface area (Å²) in [7, 11) is 0. The molecule has 0 amide bonds. The highest BCUT2D eigenvalue weighted by Crippen LogP contribution is 2.24. The van der Waals surface area contributed by atoms with Gasteiger partial charge in [0.05, 0.1) is 4.88 Å². The third-order valence-electron chi connectivity index (χ3n) is 2.24. The molecule has 1 aromatic carbocycles. The van der Waals surface area contributed by atoms with Crippen molar-refractivity contribution in [1.29, 1.82) is 0 Å². The second kappa shape index (κ2) is 4.47. The molecule has 2 rings (SSSR count). The standard InChI is InChI=1S/C12H8BrFOS/c1-7-2-3-9(14)5-10(7)12(15)11-4-8(13)6-16-11/h2-6H,1H3. The summed E-state index contributed by atoms with van der Waals surface area (Å²) in [6.45, 7) is 1.80. The first-order valence-electron chi connectivity index (χ1n) is 4.63. The number of hydrogen-bond donors (Lipinski definition) is 0. The van der Waals surface area contributed by atoms with Crippen molar-refractivity contribution in [3.05, 3.63) is 55.9 Å². The van der Waals surface area contributed by atoms with E-state index in [1.807, 2.05) is 5.38 Å². The van der Waals surface area contributed by atoms with Gasteiger partial charge in [-0.15, -0.1) is 11.3 Å². The summed E-state index contributed by atoms with van der Waals surface area (Å²) in [5, 5.41) is 1.84. The molecule has 0 saturated heterocycles. The van der Waals surface area contributed by atoms with Gasteiger partial charge in [0.25, 0.3) is 0 Å². The Morgan fingerprint density at radius 2 is 2.12 bits per heavy atom. The van der Waals surface area contributed by atoms with E-state index < -0.39 is 0 Å². The van der Waals surface area contributed by atoms with Crippen molar-refractivity contribution in [2.75, 3.05) is 0 Å². The van der Waals surface area contributed by atoms with Crippen molar-refractivity contribution in [2.45, 2.75) is 6.92 Å². The molecule has 0 aliphatic heterocycles. The van der Waals surface area contributed by atoms with E-state index in [1.54, 1.807) is 19.1 Å². The number of carbonyl (C=O) groups is 1. The molecule has 82 valence electrons. The highest BCUT2D eigenvalue weighted by molar-refractivity contribution is 9.10. The molecular weight excluding hydrogens is 291 g/mol. The lowest BCUT2D eigenvalue weighted by atomic mass is 10.0. The maximum Gasteiger partial charge on any atom is 0.203 e. The summed E-state index contributed by atoms with van der Waals surface area (Å²) in [4.78, 5) is 12.7. The molecule has 16 heavy (non-hydrogen) atoms. The number of rotatable bonds is 2. The first kappa shape index (κ1) is 11.5. The predicted octanol–water partition coefficient (Wildman–Crippen LogP) is 4.19. The monoisotopic (exact) mass is 298 g/mol. The number of halogens is 2. The van der Waals surface area contributed by atoms with Crippen LogP contribution in [0.15, 0.2) is 34.1 Å². The minimum absolute atomic E-state index is 0.132. The quantitative estimate of drug-likeness (QED) is 0.760. The van der Waals surface area contributed by atoms with Crippen LogP contribution in [-0.2, 0) is 0 Å². The molecule has 0 saturated carbocycles. The van der Waals surface area contributed by atoms with Gasteiger partial charge in [-0.3, -0.25) is 4.79 Å². The van der Waals surface area contributed by atoms with Crippen LogP contribution in [0.25, 0.3) is 0 Å². The zero-order valence-electron chi connectivity index (χ0n) is 8.46. The van der Waals surface area contributed by atoms with Gasteiger partial charge in [0.15, 0.2) is 0 Å². The maximum absolute atomic E-state index is 13.1. The van der Waals surface area contributed by atoms with E-state index in [0.717, 1.165) is 10.0 Å². The van der Waals surface area contributed by atoms with Crippen LogP contribution in [-0.4, -0.2) is 5.78 Å². The zero-order valence-corrected chi connectivity index (χ0v) is 10.9. The molecule has 0 aliphatic carbocycles. The minimum Gasteiger partial charge on any atom is -0.288 e. The van der Waals surface area contributed by atoms with Crippen LogP contribution in [0.4, 0.5) is 4.39 Å². The topological polar surface area (TPSA) is 17.1 Å². The first-order chi connectivity index (χ1) is 7.58. The van der Waals surface area contributed by atoms with Crippen molar-refractivity contribution >= 4 is 33.0 Å². The molecule has 0 N–H and O–H groups in total. The number of ketones is 1. The lowest BCUT2D eigenvalue weighted by molar-refractivity contribution is 0.104. The molecule has 1 heterocycles. The van der Waals surface area contributed by atoms with Gasteiger partial charge in [0.2, 0.25) is 5.78 Å². The summed E-state index contributed by atoms with van der Waals surface area (Å²) in [6, 6.07) is 6.00. The summed E-state index contributed by atoms with van der Waals surface area (Å²) >= 11 is 4.64. The average Bonchev–Trinajstić information content (AvgIpc) is 2.67. The summed E-state index contributed by atoms with van der Waals surface area (Å²) in [5.74, 6) is -0.516. The van der Waals surface area contributed by atoms with E-state index in [-0.39, 0.29) is 11.6 Å². The Kier molecular flexibility index (Phi) is 3.21. The third kappa shape index (κ3) is 2.23. The Bertz CT molecular complexity index is 548. The van der Waals surface area contributed by atoms with Crippen molar-refractivity contribution in [3.63, 3.8) is 0 Å². The summed E-state index contributed by atoms with van der Waals surface area (Å²) in [5.41, 5.74) is 1.21. The molecule has 0 atom stereocenters. The number of aryl methyl sites for hydroxylation is 1. The fourth-order valence-corrected chi connectivity index (χ4v) is 2.78. The lowest BCUT2D eigenvalue weighted by Crippen LogP contribution is -2.02. The number of benzene rings is 1. The van der Waals surface area contributed by atoms with Crippen LogP contribution in [0.1, 0.15) is 20.8 Å². The van der Waals surface area contributed by atoms with Crippen molar-refractivity contribution in [3.8, 4) is 0 Å². The van der Waals surface area contributed by atoms with Gasteiger partial charge in [0, 0.05) is 15.4 Å². The summed E-state index contributed by atoms with van der Waals surface area (Å²) in [6.07, 6.45) is 0. The molecular formula is C12H8BrFOS. The van der Waals surface area contributed by atoms with Crippen molar-refractivity contribution in [1.82, 2.24) is 0 Å². The second-order valence-electron chi connectivity index (χ2n) is 3.42. The number of carbonyl (C=O) groups excluding carboxylic acids is 1. The van der Waals surface area contributed by atoms with E-state index in [4.69, 9.17) is 0 Å². The van der Waals surface area contributed by atoms with Crippen LogP contribution < -0.4 is 0 Å². The largest absolute Gasteiger partial charge is 0.288 e. The highest BCUT2D eigenvalue weighted by atomic mass is 79.9. The molecule has 0 spiro atoms. The molecule has 1 nitrogen and oxygen atoms in total. The highest BCUT2D eigenvalue weighted by Gasteiger charge is 2.14. The summed E-state index contributed by atoms with van der Waals surface area (Å²) < 4.78 is 13.9. The predicted molar refractivity (Wildman–Crippen MR) is 66.6 cm³/mol. The van der Waals surface area contributed by atoms with Gasteiger partial charge in [-0.1, -0.05) is 6.07 Å². The van der Waals surface area contributed by atoms with Crippen LogP contribution in [0, 0.1) is 12.7 Å². The van der Waals surface area contributed by atoms with E-state index in [0.29, 0.717) is 10.4 Å². The first-order valence-corrected chi connectivity index (χ1v) is 6.30. The van der Waals surface area contributed by atoms with Gasteiger partial charge in [-0.2, -0.15) is 0 Å². The molecule has 0 unspecified atom stereocenters. The molecule has 4 heteroatoms. The Morgan fingerprint density at radius 1 is 1.38 bits per heavy atom. The van der Waals surface area contributed by atoms with Gasteiger partial charge in [0.1, 0.15) is 5.82 Å². The van der Waals surface area contributed by atoms with Crippen LogP contribution in [0.2, 0.25) is 0 Å². The zero-order chi connectivity index (χ0) is 11.7. The average molecular weight is 299 g/mol. The van der Waals surface area contributed by atoms with Crippen molar-refractivity contribution < 1.29 is 9.18 Å². The third-order valence-corrected chi connectivity index (χ3v) is 3.93. The molecule has 0 aliphatic rings. The van der Waals surface area contributed by atoms with Crippen LogP contribution >= 0.6 is 27.3 Å². The van der Waals surface area contributed by atoms with E-state index in [2.05, 4.69) is 15.9 Å². The fourth-order valence-electron chi connectivity index (χ4n) is 1.40. The molecule has 0 radical (unpaired) electrons. The van der Waals surface area contributed by atoms with E-state index >= 15 is 0 Å². The number of hydrogen-bond acceptors (Lipinski definition) is 2. The molecule has 2 aromatic rings. The molecule has 1 aromatic heterocycles. The van der Waals surface area contributed by atoms with Gasteiger partial charge in [-0.05, 0) is 46.6 Å². The molecule has 0 bridgehead atoms. The van der Waals surface area contributed by atoms with Crippen LogP contribution in [0.3, 0.4) is 0 Å². The second-order valence-corrected chi connectivity index (χ2v) is 5.24.